The maximum absolute atomic E-state index is 12.8. The van der Waals surface area contributed by atoms with Gasteiger partial charge in [-0.3, -0.25) is 4.79 Å². The van der Waals surface area contributed by atoms with Gasteiger partial charge in [0.05, 0.1) is 5.56 Å². The molecule has 0 saturated heterocycles. The Hall–Kier alpha value is -2.55. The van der Waals surface area contributed by atoms with Crippen LogP contribution in [0.1, 0.15) is 38.8 Å². The first-order chi connectivity index (χ1) is 13.8. The van der Waals surface area contributed by atoms with Gasteiger partial charge in [0, 0.05) is 18.5 Å². The van der Waals surface area contributed by atoms with Crippen molar-refractivity contribution < 1.29 is 30.6 Å². The molecule has 0 aliphatic heterocycles. The number of benzene rings is 2. The first-order valence-electron chi connectivity index (χ1n) is 9.32. The number of carbonyl (C=O) groups excluding carboxylic acids is 1. The zero-order chi connectivity index (χ0) is 22.7. The van der Waals surface area contributed by atoms with Crippen molar-refractivity contribution >= 4 is 16.0 Å². The van der Waals surface area contributed by atoms with Crippen molar-refractivity contribution in [2.75, 3.05) is 0 Å². The van der Waals surface area contributed by atoms with E-state index in [2.05, 4.69) is 0 Å². The lowest BCUT2D eigenvalue weighted by molar-refractivity contribution is -0.138. The van der Waals surface area contributed by atoms with Crippen LogP contribution in [0.4, 0.5) is 13.2 Å². The molecule has 0 spiro atoms. The smallest absolute Gasteiger partial charge is 0.379 e. The Bertz CT molecular complexity index is 984. The second-order valence-electron chi connectivity index (χ2n) is 7.42. The van der Waals surface area contributed by atoms with Gasteiger partial charge in [-0.15, -0.1) is 0 Å². The Morgan fingerprint density at radius 1 is 1.03 bits per heavy atom. The van der Waals surface area contributed by atoms with Crippen LogP contribution >= 0.6 is 0 Å². The molecule has 0 N–H and O–H groups in total. The zero-order valence-electron chi connectivity index (χ0n) is 17.1. The summed E-state index contributed by atoms with van der Waals surface area (Å²) in [7, 11) is -4.43. The SMILES string of the molecule is CC(C)C(=O)N(Cc1ccc(OS(=O)(=O)c2cccc(C(F)(F)F)c2)cc1)C(C)C. The second kappa shape index (κ2) is 9.07. The summed E-state index contributed by atoms with van der Waals surface area (Å²) in [5.74, 6) is -0.201. The van der Waals surface area contributed by atoms with Gasteiger partial charge in [0.25, 0.3) is 0 Å². The summed E-state index contributed by atoms with van der Waals surface area (Å²) in [5, 5.41) is 0. The van der Waals surface area contributed by atoms with E-state index < -0.39 is 26.8 Å². The number of rotatable bonds is 7. The molecule has 0 aliphatic carbocycles. The van der Waals surface area contributed by atoms with E-state index in [-0.39, 0.29) is 23.6 Å². The van der Waals surface area contributed by atoms with Crippen molar-refractivity contribution in [3.63, 3.8) is 0 Å². The van der Waals surface area contributed by atoms with Crippen LogP contribution in [0.3, 0.4) is 0 Å². The van der Waals surface area contributed by atoms with Crippen LogP contribution in [-0.2, 0) is 27.6 Å². The van der Waals surface area contributed by atoms with E-state index in [9.17, 15) is 26.4 Å². The van der Waals surface area contributed by atoms with Crippen molar-refractivity contribution in [2.45, 2.75) is 51.4 Å². The predicted octanol–water partition coefficient (Wildman–Crippen LogP) is 4.87. The van der Waals surface area contributed by atoms with Crippen LogP contribution in [-0.4, -0.2) is 25.3 Å². The third-order valence-electron chi connectivity index (χ3n) is 4.33. The normalized spacial score (nSPS) is 12.3. The standard InChI is InChI=1S/C21H24F3NO4S/c1-14(2)20(26)25(15(3)4)13-16-8-10-18(11-9-16)29-30(27,28)19-7-5-6-17(12-19)21(22,23)24/h5-12,14-15H,13H2,1-4H3. The van der Waals surface area contributed by atoms with Gasteiger partial charge >= 0.3 is 16.3 Å². The second-order valence-corrected chi connectivity index (χ2v) is 8.97. The minimum absolute atomic E-state index is 0.00236. The summed E-state index contributed by atoms with van der Waals surface area (Å²) in [5.41, 5.74) is -0.312. The third-order valence-corrected chi connectivity index (χ3v) is 5.58. The van der Waals surface area contributed by atoms with Crippen molar-refractivity contribution in [1.29, 1.82) is 0 Å². The van der Waals surface area contributed by atoms with Gasteiger partial charge in [-0.25, -0.2) is 0 Å². The lowest BCUT2D eigenvalue weighted by atomic mass is 10.1. The molecule has 2 aromatic rings. The molecular formula is C21H24F3NO4S. The van der Waals surface area contributed by atoms with E-state index in [0.717, 1.165) is 23.8 Å². The topological polar surface area (TPSA) is 63.7 Å². The fourth-order valence-electron chi connectivity index (χ4n) is 2.70. The molecule has 0 heterocycles. The maximum Gasteiger partial charge on any atom is 0.416 e. The average molecular weight is 443 g/mol. The van der Waals surface area contributed by atoms with Gasteiger partial charge in [0.15, 0.2) is 0 Å². The zero-order valence-corrected chi connectivity index (χ0v) is 17.9. The summed E-state index contributed by atoms with van der Waals surface area (Å²) in [6, 6.07) is 9.37. The van der Waals surface area contributed by atoms with Gasteiger partial charge < -0.3 is 9.08 Å². The highest BCUT2D eigenvalue weighted by Crippen LogP contribution is 2.31. The van der Waals surface area contributed by atoms with Crippen LogP contribution in [0.15, 0.2) is 53.4 Å². The molecule has 30 heavy (non-hydrogen) atoms. The molecule has 0 aliphatic rings. The predicted molar refractivity (Wildman–Crippen MR) is 106 cm³/mol. The van der Waals surface area contributed by atoms with Crippen molar-refractivity contribution in [3.8, 4) is 5.75 Å². The molecule has 9 heteroatoms. The highest BCUT2D eigenvalue weighted by Gasteiger charge is 2.32. The van der Waals surface area contributed by atoms with Gasteiger partial charge in [-0.2, -0.15) is 21.6 Å². The van der Waals surface area contributed by atoms with Crippen molar-refractivity contribution in [2.24, 2.45) is 5.92 Å². The average Bonchev–Trinajstić information content (AvgIpc) is 2.65. The summed E-state index contributed by atoms with van der Waals surface area (Å²) >= 11 is 0. The maximum atomic E-state index is 12.8. The van der Waals surface area contributed by atoms with E-state index in [1.165, 1.54) is 12.1 Å². The highest BCUT2D eigenvalue weighted by atomic mass is 32.2. The van der Waals surface area contributed by atoms with Crippen LogP contribution in [0, 0.1) is 5.92 Å². The Kier molecular flexibility index (Phi) is 7.18. The molecule has 2 rings (SSSR count). The molecule has 0 radical (unpaired) electrons. The van der Waals surface area contributed by atoms with E-state index in [0.29, 0.717) is 12.6 Å². The number of hydrogen-bond donors (Lipinski definition) is 0. The minimum atomic E-state index is -4.66. The van der Waals surface area contributed by atoms with Crippen LogP contribution < -0.4 is 4.18 Å². The number of amides is 1. The Morgan fingerprint density at radius 2 is 1.63 bits per heavy atom. The monoisotopic (exact) mass is 443 g/mol. The first-order valence-corrected chi connectivity index (χ1v) is 10.7. The molecule has 0 fully saturated rings. The Balaban J connectivity index is 2.18. The number of carbonyl (C=O) groups is 1. The van der Waals surface area contributed by atoms with Crippen molar-refractivity contribution in [3.05, 3.63) is 59.7 Å². The van der Waals surface area contributed by atoms with Gasteiger partial charge in [-0.05, 0) is 49.7 Å². The molecule has 0 saturated carbocycles. The van der Waals surface area contributed by atoms with Gasteiger partial charge in [0.1, 0.15) is 10.6 Å². The quantitative estimate of drug-likeness (QED) is 0.573. The molecule has 0 atom stereocenters. The van der Waals surface area contributed by atoms with Crippen LogP contribution in [0.5, 0.6) is 5.75 Å². The summed E-state index contributed by atoms with van der Waals surface area (Å²) < 4.78 is 68.2. The largest absolute Gasteiger partial charge is 0.416 e. The Labute approximate surface area is 174 Å². The summed E-state index contributed by atoms with van der Waals surface area (Å²) in [4.78, 5) is 13.5. The van der Waals surface area contributed by atoms with Crippen LogP contribution in [0.25, 0.3) is 0 Å². The lowest BCUT2D eigenvalue weighted by Gasteiger charge is -2.28. The summed E-state index contributed by atoms with van der Waals surface area (Å²) in [6.45, 7) is 7.77. The molecule has 5 nitrogen and oxygen atoms in total. The molecule has 0 bridgehead atoms. The molecule has 0 unspecified atom stereocenters. The molecule has 164 valence electrons. The van der Waals surface area contributed by atoms with E-state index in [1.807, 2.05) is 27.7 Å². The fourth-order valence-corrected chi connectivity index (χ4v) is 3.67. The summed E-state index contributed by atoms with van der Waals surface area (Å²) in [6.07, 6.45) is -4.66. The first kappa shape index (κ1) is 23.7. The van der Waals surface area contributed by atoms with Crippen LogP contribution in [0.2, 0.25) is 0 Å². The number of nitrogens with zero attached hydrogens (tertiary/aromatic N) is 1. The molecule has 1 amide bonds. The van der Waals surface area contributed by atoms with E-state index in [4.69, 9.17) is 4.18 Å². The highest BCUT2D eigenvalue weighted by molar-refractivity contribution is 7.87. The van der Waals surface area contributed by atoms with E-state index in [1.54, 1.807) is 17.0 Å². The number of alkyl halides is 3. The van der Waals surface area contributed by atoms with Crippen molar-refractivity contribution in [1.82, 2.24) is 4.90 Å². The number of hydrogen-bond acceptors (Lipinski definition) is 4. The number of halogens is 3. The van der Waals surface area contributed by atoms with E-state index >= 15 is 0 Å². The molecular weight excluding hydrogens is 419 g/mol. The van der Waals surface area contributed by atoms with Gasteiger partial charge in [-0.1, -0.05) is 32.0 Å². The molecule has 2 aromatic carbocycles. The lowest BCUT2D eigenvalue weighted by Crippen LogP contribution is -2.38. The Morgan fingerprint density at radius 3 is 2.13 bits per heavy atom. The minimum Gasteiger partial charge on any atom is -0.379 e. The third kappa shape index (κ3) is 5.98. The fraction of sp³-hybridized carbons (Fsp3) is 0.381. The van der Waals surface area contributed by atoms with Gasteiger partial charge in [0.2, 0.25) is 5.91 Å². The molecule has 0 aromatic heterocycles.